The highest BCUT2D eigenvalue weighted by atomic mass is 14.7. The van der Waals surface area contributed by atoms with Gasteiger partial charge in [0.25, 0.3) is 0 Å². The molecular weight excluding hydrogens is 110 g/mol. The lowest BCUT2D eigenvalue weighted by Crippen LogP contribution is -1.72. The SMILES string of the molecule is C#Cc1ccc(C#C)[nH]1. The minimum atomic E-state index is 0.725. The molecule has 0 aliphatic heterocycles. The summed E-state index contributed by atoms with van der Waals surface area (Å²) in [6.07, 6.45) is 10.1. The second-order valence-electron chi connectivity index (χ2n) is 1.57. The van der Waals surface area contributed by atoms with Crippen LogP contribution in [0, 0.1) is 24.7 Å². The van der Waals surface area contributed by atoms with Crippen LogP contribution in [0.3, 0.4) is 0 Å². The first-order chi connectivity index (χ1) is 4.36. The third-order valence-corrected chi connectivity index (χ3v) is 0.997. The van der Waals surface area contributed by atoms with Gasteiger partial charge in [-0.15, -0.1) is 12.8 Å². The predicted octanol–water partition coefficient (Wildman–Crippen LogP) is 0.977. The van der Waals surface area contributed by atoms with Crippen molar-refractivity contribution < 1.29 is 0 Å². The number of H-pyrrole nitrogens is 1. The van der Waals surface area contributed by atoms with Crippen LogP contribution in [0.25, 0.3) is 0 Å². The summed E-state index contributed by atoms with van der Waals surface area (Å²) in [5, 5.41) is 0. The molecule has 0 radical (unpaired) electrons. The number of hydrogen-bond acceptors (Lipinski definition) is 0. The van der Waals surface area contributed by atoms with Crippen molar-refractivity contribution in [1.82, 2.24) is 4.98 Å². The molecule has 1 aromatic rings. The minimum Gasteiger partial charge on any atom is -0.342 e. The van der Waals surface area contributed by atoms with Crippen molar-refractivity contribution in [2.75, 3.05) is 0 Å². The number of aromatic amines is 1. The Morgan fingerprint density at radius 2 is 1.56 bits per heavy atom. The first-order valence-corrected chi connectivity index (χ1v) is 2.49. The van der Waals surface area contributed by atoms with E-state index in [1.807, 2.05) is 0 Å². The van der Waals surface area contributed by atoms with Gasteiger partial charge in [0, 0.05) is 0 Å². The molecule has 1 heterocycles. The zero-order valence-electron chi connectivity index (χ0n) is 4.81. The molecular formula is C8H5N. The van der Waals surface area contributed by atoms with Crippen LogP contribution in [-0.2, 0) is 0 Å². The highest BCUT2D eigenvalue weighted by Gasteiger charge is 1.88. The first kappa shape index (κ1) is 5.54. The van der Waals surface area contributed by atoms with Crippen LogP contribution in [0.5, 0.6) is 0 Å². The zero-order valence-corrected chi connectivity index (χ0v) is 4.81. The molecule has 1 aromatic heterocycles. The summed E-state index contributed by atoms with van der Waals surface area (Å²) >= 11 is 0. The third kappa shape index (κ3) is 0.953. The van der Waals surface area contributed by atoms with Gasteiger partial charge < -0.3 is 4.98 Å². The number of aromatic nitrogens is 1. The summed E-state index contributed by atoms with van der Waals surface area (Å²) in [6, 6.07) is 3.55. The van der Waals surface area contributed by atoms with Gasteiger partial charge in [0.2, 0.25) is 0 Å². The largest absolute Gasteiger partial charge is 0.342 e. The molecule has 0 spiro atoms. The van der Waals surface area contributed by atoms with Crippen molar-refractivity contribution in [2.45, 2.75) is 0 Å². The van der Waals surface area contributed by atoms with Gasteiger partial charge in [0.15, 0.2) is 0 Å². The summed E-state index contributed by atoms with van der Waals surface area (Å²) < 4.78 is 0. The predicted molar refractivity (Wildman–Crippen MR) is 36.7 cm³/mol. The Morgan fingerprint density at radius 1 is 1.11 bits per heavy atom. The topological polar surface area (TPSA) is 15.8 Å². The Balaban J connectivity index is 3.08. The summed E-state index contributed by atoms with van der Waals surface area (Å²) in [6.45, 7) is 0. The normalized spacial score (nSPS) is 7.78. The fourth-order valence-electron chi connectivity index (χ4n) is 0.563. The quantitative estimate of drug-likeness (QED) is 0.485. The lowest BCUT2D eigenvalue weighted by molar-refractivity contribution is 1.33. The van der Waals surface area contributed by atoms with Gasteiger partial charge in [-0.2, -0.15) is 0 Å². The number of terminal acetylenes is 2. The van der Waals surface area contributed by atoms with Gasteiger partial charge in [-0.3, -0.25) is 0 Å². The molecule has 1 nitrogen and oxygen atoms in total. The van der Waals surface area contributed by atoms with E-state index < -0.39 is 0 Å². The van der Waals surface area contributed by atoms with Crippen LogP contribution in [0.1, 0.15) is 11.4 Å². The maximum absolute atomic E-state index is 5.07. The molecule has 42 valence electrons. The average molecular weight is 115 g/mol. The number of nitrogens with one attached hydrogen (secondary N) is 1. The highest BCUT2D eigenvalue weighted by Crippen LogP contribution is 1.96. The van der Waals surface area contributed by atoms with Crippen molar-refractivity contribution in [2.24, 2.45) is 0 Å². The Kier molecular flexibility index (Phi) is 1.30. The van der Waals surface area contributed by atoms with Crippen LogP contribution in [0.4, 0.5) is 0 Å². The average Bonchev–Trinajstić information content (AvgIpc) is 2.34. The van der Waals surface area contributed by atoms with Crippen LogP contribution in [0.2, 0.25) is 0 Å². The van der Waals surface area contributed by atoms with Gasteiger partial charge in [0.1, 0.15) is 0 Å². The van der Waals surface area contributed by atoms with E-state index in [4.69, 9.17) is 12.8 Å². The molecule has 0 fully saturated rings. The Labute approximate surface area is 54.1 Å². The molecule has 0 saturated carbocycles. The maximum atomic E-state index is 5.07. The molecule has 0 aliphatic carbocycles. The van der Waals surface area contributed by atoms with E-state index in [9.17, 15) is 0 Å². The monoisotopic (exact) mass is 115 g/mol. The fourth-order valence-corrected chi connectivity index (χ4v) is 0.563. The van der Waals surface area contributed by atoms with E-state index in [2.05, 4.69) is 16.8 Å². The van der Waals surface area contributed by atoms with E-state index in [-0.39, 0.29) is 0 Å². The van der Waals surface area contributed by atoms with Crippen LogP contribution in [-0.4, -0.2) is 4.98 Å². The molecule has 1 heteroatoms. The second-order valence-corrected chi connectivity index (χ2v) is 1.57. The molecule has 9 heavy (non-hydrogen) atoms. The Bertz CT molecular complexity index is 252. The van der Waals surface area contributed by atoms with Gasteiger partial charge in [0.05, 0.1) is 11.4 Å². The smallest absolute Gasteiger partial charge is 0.0900 e. The van der Waals surface area contributed by atoms with E-state index in [1.165, 1.54) is 0 Å². The Hall–Kier alpha value is -1.60. The second kappa shape index (κ2) is 2.11. The highest BCUT2D eigenvalue weighted by molar-refractivity contribution is 5.34. The molecule has 0 aromatic carbocycles. The third-order valence-electron chi connectivity index (χ3n) is 0.997. The van der Waals surface area contributed by atoms with Crippen LogP contribution < -0.4 is 0 Å². The summed E-state index contributed by atoms with van der Waals surface area (Å²) in [7, 11) is 0. The van der Waals surface area contributed by atoms with E-state index >= 15 is 0 Å². The van der Waals surface area contributed by atoms with Crippen molar-refractivity contribution in [3.63, 3.8) is 0 Å². The van der Waals surface area contributed by atoms with E-state index in [0.717, 1.165) is 11.4 Å². The van der Waals surface area contributed by atoms with E-state index in [0.29, 0.717) is 0 Å². The number of rotatable bonds is 0. The molecule has 0 unspecified atom stereocenters. The molecule has 1 N–H and O–H groups in total. The lowest BCUT2D eigenvalue weighted by atomic mass is 10.4. The minimum absolute atomic E-state index is 0.725. The van der Waals surface area contributed by atoms with Crippen molar-refractivity contribution in [3.05, 3.63) is 23.5 Å². The van der Waals surface area contributed by atoms with Crippen molar-refractivity contribution in [3.8, 4) is 24.7 Å². The van der Waals surface area contributed by atoms with Gasteiger partial charge in [-0.25, -0.2) is 0 Å². The van der Waals surface area contributed by atoms with Gasteiger partial charge >= 0.3 is 0 Å². The lowest BCUT2D eigenvalue weighted by Gasteiger charge is -1.77. The molecule has 0 bridgehead atoms. The molecule has 0 atom stereocenters. The first-order valence-electron chi connectivity index (χ1n) is 2.49. The summed E-state index contributed by atoms with van der Waals surface area (Å²) in [5.41, 5.74) is 1.45. The van der Waals surface area contributed by atoms with Crippen LogP contribution in [0.15, 0.2) is 12.1 Å². The zero-order chi connectivity index (χ0) is 6.69. The molecule has 0 aliphatic rings. The summed E-state index contributed by atoms with van der Waals surface area (Å²) in [5.74, 6) is 4.86. The van der Waals surface area contributed by atoms with Crippen molar-refractivity contribution in [1.29, 1.82) is 0 Å². The summed E-state index contributed by atoms with van der Waals surface area (Å²) in [4.78, 5) is 2.84. The number of hydrogen-bond donors (Lipinski definition) is 1. The van der Waals surface area contributed by atoms with Crippen LogP contribution >= 0.6 is 0 Å². The fraction of sp³-hybridized carbons (Fsp3) is 0. The Morgan fingerprint density at radius 3 is 1.78 bits per heavy atom. The van der Waals surface area contributed by atoms with E-state index in [1.54, 1.807) is 12.1 Å². The molecule has 0 saturated heterocycles. The van der Waals surface area contributed by atoms with Gasteiger partial charge in [-0.05, 0) is 12.1 Å². The maximum Gasteiger partial charge on any atom is 0.0900 e. The molecule has 1 rings (SSSR count). The van der Waals surface area contributed by atoms with Gasteiger partial charge in [-0.1, -0.05) is 11.8 Å². The van der Waals surface area contributed by atoms with Crippen molar-refractivity contribution >= 4 is 0 Å². The standard InChI is InChI=1S/C8H5N/c1-3-7-5-6-8(4-2)9-7/h1-2,5-6,9H. The molecule has 0 amide bonds.